The lowest BCUT2D eigenvalue weighted by atomic mass is 10.1. The third-order valence-electron chi connectivity index (χ3n) is 5.36. The molecule has 8 nitrogen and oxygen atoms in total. The molecule has 1 saturated carbocycles. The number of nitrogens with zero attached hydrogens (tertiary/aromatic N) is 5. The van der Waals surface area contributed by atoms with E-state index >= 15 is 0 Å². The summed E-state index contributed by atoms with van der Waals surface area (Å²) in [5.74, 6) is -0.273. The molecule has 1 aliphatic carbocycles. The topological polar surface area (TPSA) is 94.7 Å². The van der Waals surface area contributed by atoms with Gasteiger partial charge in [0, 0.05) is 23.5 Å². The Morgan fingerprint density at radius 3 is 2.74 bits per heavy atom. The zero-order valence-corrected chi connectivity index (χ0v) is 16.7. The third-order valence-corrected chi connectivity index (χ3v) is 5.36. The molecule has 0 spiro atoms. The van der Waals surface area contributed by atoms with Gasteiger partial charge in [-0.05, 0) is 54.8 Å². The first-order chi connectivity index (χ1) is 15.2. The summed E-state index contributed by atoms with van der Waals surface area (Å²) in [6.45, 7) is 3.74. The van der Waals surface area contributed by atoms with Gasteiger partial charge in [-0.2, -0.15) is 10.2 Å². The van der Waals surface area contributed by atoms with Crippen LogP contribution in [0, 0.1) is 0 Å². The van der Waals surface area contributed by atoms with E-state index in [4.69, 9.17) is 5.10 Å². The molecule has 1 aliphatic rings. The molecular weight excluding hydrogens is 392 g/mol. The van der Waals surface area contributed by atoms with E-state index in [9.17, 15) is 9.59 Å². The van der Waals surface area contributed by atoms with E-state index in [1.165, 1.54) is 6.08 Å². The summed E-state index contributed by atoms with van der Waals surface area (Å²) in [7, 11) is 0. The number of carbonyl (C=O) groups excluding carboxylic acids is 2. The number of aldehydes is 1. The minimum absolute atomic E-state index is 0.232. The van der Waals surface area contributed by atoms with E-state index in [0.29, 0.717) is 22.9 Å². The first kappa shape index (κ1) is 18.9. The van der Waals surface area contributed by atoms with Crippen molar-refractivity contribution >= 4 is 23.2 Å². The second-order valence-corrected chi connectivity index (χ2v) is 7.49. The van der Waals surface area contributed by atoms with Crippen molar-refractivity contribution in [1.82, 2.24) is 29.9 Å². The van der Waals surface area contributed by atoms with E-state index in [1.807, 2.05) is 29.1 Å². The van der Waals surface area contributed by atoms with Crippen LogP contribution < -0.4 is 5.32 Å². The van der Waals surface area contributed by atoms with Crippen molar-refractivity contribution in [3.63, 3.8) is 0 Å². The Labute approximate surface area is 178 Å². The fourth-order valence-electron chi connectivity index (χ4n) is 3.61. The highest BCUT2D eigenvalue weighted by Crippen LogP contribution is 2.37. The molecular formula is C23H20N6O2. The molecule has 1 amide bonds. The predicted octanol–water partition coefficient (Wildman–Crippen LogP) is 3.23. The summed E-state index contributed by atoms with van der Waals surface area (Å²) >= 11 is 0. The number of pyridine rings is 1. The Hall–Kier alpha value is -4.07. The van der Waals surface area contributed by atoms with Crippen LogP contribution in [-0.4, -0.2) is 36.7 Å². The lowest BCUT2D eigenvalue weighted by molar-refractivity contribution is -0.116. The number of amides is 1. The highest BCUT2D eigenvalue weighted by molar-refractivity contribution is 5.96. The molecule has 3 heterocycles. The minimum atomic E-state index is -0.273. The molecule has 0 unspecified atom stereocenters. The smallest absolute Gasteiger partial charge is 0.243 e. The van der Waals surface area contributed by atoms with Gasteiger partial charge in [-0.25, -0.2) is 9.67 Å². The molecule has 3 aromatic heterocycles. The summed E-state index contributed by atoms with van der Waals surface area (Å²) in [4.78, 5) is 27.4. The largest absolute Gasteiger partial charge is 0.347 e. The molecule has 4 aromatic rings. The number of hydrogen-bond acceptors (Lipinski definition) is 5. The molecule has 31 heavy (non-hydrogen) atoms. The van der Waals surface area contributed by atoms with Crippen molar-refractivity contribution in [1.29, 1.82) is 0 Å². The highest BCUT2D eigenvalue weighted by Gasteiger charge is 2.25. The maximum atomic E-state index is 11.8. The van der Waals surface area contributed by atoms with Gasteiger partial charge in [0.05, 0.1) is 35.6 Å². The Morgan fingerprint density at radius 2 is 2.03 bits per heavy atom. The summed E-state index contributed by atoms with van der Waals surface area (Å²) in [5.41, 5.74) is 4.64. The van der Waals surface area contributed by atoms with Crippen LogP contribution in [0.4, 0.5) is 0 Å². The minimum Gasteiger partial charge on any atom is -0.347 e. The second-order valence-electron chi connectivity index (χ2n) is 7.49. The van der Waals surface area contributed by atoms with Gasteiger partial charge >= 0.3 is 0 Å². The lowest BCUT2D eigenvalue weighted by Crippen LogP contribution is -2.20. The van der Waals surface area contributed by atoms with Crippen molar-refractivity contribution in [2.45, 2.75) is 25.4 Å². The molecule has 0 radical (unpaired) electrons. The maximum Gasteiger partial charge on any atom is 0.243 e. The number of benzene rings is 1. The summed E-state index contributed by atoms with van der Waals surface area (Å²) < 4.78 is 3.73. The fraction of sp³-hybridized carbons (Fsp3) is 0.174. The molecule has 1 fully saturated rings. The number of nitrogens with one attached hydrogen (secondary N) is 1. The zero-order valence-electron chi connectivity index (χ0n) is 16.7. The SMILES string of the molecule is C=CC(=O)NCc1nn(-c2ccc(C=O)cc2)c2nccc(-c3cnn(C4CC4)c3)c12. The molecule has 1 N–H and O–H groups in total. The van der Waals surface area contributed by atoms with Crippen LogP contribution >= 0.6 is 0 Å². The van der Waals surface area contributed by atoms with Crippen LogP contribution in [0.2, 0.25) is 0 Å². The van der Waals surface area contributed by atoms with Gasteiger partial charge in [0.1, 0.15) is 6.29 Å². The number of fused-ring (bicyclic) bond motifs is 1. The quantitative estimate of drug-likeness (QED) is 0.371. The van der Waals surface area contributed by atoms with E-state index < -0.39 is 0 Å². The lowest BCUT2D eigenvalue weighted by Gasteiger charge is -2.04. The number of hydrogen-bond donors (Lipinski definition) is 1. The summed E-state index contributed by atoms with van der Waals surface area (Å²) in [6.07, 6.45) is 9.99. The van der Waals surface area contributed by atoms with E-state index in [-0.39, 0.29) is 12.5 Å². The summed E-state index contributed by atoms with van der Waals surface area (Å²) in [6, 6.07) is 9.54. The van der Waals surface area contributed by atoms with Crippen LogP contribution in [0.1, 0.15) is 34.9 Å². The Kier molecular flexibility index (Phi) is 4.66. The molecule has 154 valence electrons. The van der Waals surface area contributed by atoms with Gasteiger partial charge in [0.15, 0.2) is 5.65 Å². The molecule has 0 saturated heterocycles. The number of rotatable bonds is 7. The van der Waals surface area contributed by atoms with Crippen LogP contribution in [-0.2, 0) is 11.3 Å². The Morgan fingerprint density at radius 1 is 1.23 bits per heavy atom. The highest BCUT2D eigenvalue weighted by atomic mass is 16.1. The Bertz CT molecular complexity index is 1300. The van der Waals surface area contributed by atoms with Crippen LogP contribution in [0.25, 0.3) is 27.8 Å². The summed E-state index contributed by atoms with van der Waals surface area (Å²) in [5, 5.41) is 12.9. The van der Waals surface area contributed by atoms with Gasteiger partial charge < -0.3 is 5.32 Å². The van der Waals surface area contributed by atoms with Gasteiger partial charge in [0.25, 0.3) is 0 Å². The normalized spacial score (nSPS) is 13.3. The van der Waals surface area contributed by atoms with Crippen LogP contribution in [0.15, 0.2) is 61.6 Å². The van der Waals surface area contributed by atoms with E-state index in [1.54, 1.807) is 23.0 Å². The van der Waals surface area contributed by atoms with Crippen molar-refractivity contribution in [3.05, 3.63) is 72.8 Å². The van der Waals surface area contributed by atoms with Gasteiger partial charge in [-0.1, -0.05) is 6.58 Å². The predicted molar refractivity (Wildman–Crippen MR) is 116 cm³/mol. The van der Waals surface area contributed by atoms with Crippen LogP contribution in [0.3, 0.4) is 0 Å². The van der Waals surface area contributed by atoms with Gasteiger partial charge in [-0.15, -0.1) is 0 Å². The van der Waals surface area contributed by atoms with Crippen LogP contribution in [0.5, 0.6) is 0 Å². The zero-order chi connectivity index (χ0) is 21.4. The second kappa shape index (κ2) is 7.64. The average Bonchev–Trinajstić information content (AvgIpc) is 3.42. The first-order valence-corrected chi connectivity index (χ1v) is 10.0. The van der Waals surface area contributed by atoms with E-state index in [0.717, 1.165) is 41.3 Å². The fourth-order valence-corrected chi connectivity index (χ4v) is 3.61. The number of aromatic nitrogens is 5. The van der Waals surface area contributed by atoms with Gasteiger partial charge in [-0.3, -0.25) is 14.3 Å². The van der Waals surface area contributed by atoms with Crippen molar-refractivity contribution in [2.24, 2.45) is 0 Å². The molecule has 0 atom stereocenters. The third kappa shape index (κ3) is 3.52. The monoisotopic (exact) mass is 412 g/mol. The molecule has 1 aromatic carbocycles. The van der Waals surface area contributed by atoms with Gasteiger partial charge in [0.2, 0.25) is 5.91 Å². The van der Waals surface area contributed by atoms with E-state index in [2.05, 4.69) is 28.2 Å². The average molecular weight is 412 g/mol. The molecule has 5 rings (SSSR count). The molecule has 0 bridgehead atoms. The first-order valence-electron chi connectivity index (χ1n) is 10.0. The Balaban J connectivity index is 1.66. The molecule has 0 aliphatic heterocycles. The van der Waals surface area contributed by atoms with Crippen molar-refractivity contribution in [3.8, 4) is 16.8 Å². The molecule has 8 heteroatoms. The standard InChI is InChI=1S/C23H20N6O2/c1-2-21(31)25-12-20-22-19(16-11-26-28(13-16)17-7-8-17)9-10-24-23(22)29(27-20)18-5-3-15(14-30)4-6-18/h2-6,9-11,13-14,17H,1,7-8,12H2,(H,25,31). The number of carbonyl (C=O) groups is 2. The van der Waals surface area contributed by atoms with Crippen molar-refractivity contribution < 1.29 is 9.59 Å². The van der Waals surface area contributed by atoms with Crippen molar-refractivity contribution in [2.75, 3.05) is 0 Å². The maximum absolute atomic E-state index is 11.8.